The van der Waals surface area contributed by atoms with Gasteiger partial charge in [0.1, 0.15) is 0 Å². The molecule has 0 saturated carbocycles. The number of methoxy groups -OCH3 is 2. The summed E-state index contributed by atoms with van der Waals surface area (Å²) in [5.74, 6) is 2.32. The molecule has 158 valence electrons. The molecule has 30 heavy (non-hydrogen) atoms. The van der Waals surface area contributed by atoms with E-state index in [-0.39, 0.29) is 25.0 Å². The molecule has 0 bridgehead atoms. The van der Waals surface area contributed by atoms with Crippen LogP contribution in [0.25, 0.3) is 0 Å². The molecule has 0 radical (unpaired) electrons. The van der Waals surface area contributed by atoms with Crippen LogP contribution in [0.3, 0.4) is 0 Å². The van der Waals surface area contributed by atoms with E-state index in [9.17, 15) is 9.59 Å². The van der Waals surface area contributed by atoms with Gasteiger partial charge in [-0.1, -0.05) is 12.1 Å². The molecule has 2 aromatic carbocycles. The molecule has 0 spiro atoms. The standard InChI is InChI=1S/C22H24N2O6/c1-27-17-5-3-14(9-19(17)28-2)7-8-24-21(25)11-16(22(24)26)23-12-15-4-6-18-20(10-15)30-13-29-18/h3-6,9-10,16,23H,7-8,11-13H2,1-2H3/t16-/m0/s1. The molecule has 2 heterocycles. The average Bonchev–Trinajstić information content (AvgIpc) is 3.34. The number of fused-ring (bicyclic) bond motifs is 1. The van der Waals surface area contributed by atoms with Crippen LogP contribution in [-0.2, 0) is 22.6 Å². The Morgan fingerprint density at radius 1 is 1.00 bits per heavy atom. The molecule has 0 aliphatic carbocycles. The maximum atomic E-state index is 12.7. The maximum Gasteiger partial charge on any atom is 0.246 e. The quantitative estimate of drug-likeness (QED) is 0.663. The van der Waals surface area contributed by atoms with Gasteiger partial charge in [-0.25, -0.2) is 0 Å². The Kier molecular flexibility index (Phi) is 5.76. The number of likely N-dealkylation sites (tertiary alicyclic amines) is 1. The first kappa shape index (κ1) is 20.0. The molecule has 0 unspecified atom stereocenters. The van der Waals surface area contributed by atoms with Crippen molar-refractivity contribution in [3.8, 4) is 23.0 Å². The molecule has 2 amide bonds. The minimum atomic E-state index is -0.520. The Labute approximate surface area is 174 Å². The molecule has 1 N–H and O–H groups in total. The first-order valence-electron chi connectivity index (χ1n) is 9.76. The molecule has 2 aromatic rings. The number of imide groups is 1. The summed E-state index contributed by atoms with van der Waals surface area (Å²) in [5.41, 5.74) is 1.92. The molecule has 2 aliphatic rings. The highest BCUT2D eigenvalue weighted by atomic mass is 16.7. The van der Waals surface area contributed by atoms with E-state index >= 15 is 0 Å². The van der Waals surface area contributed by atoms with Crippen molar-refractivity contribution in [3.05, 3.63) is 47.5 Å². The maximum absolute atomic E-state index is 12.7. The molecule has 1 fully saturated rings. The van der Waals surface area contributed by atoms with Gasteiger partial charge in [0.2, 0.25) is 18.6 Å². The number of amides is 2. The van der Waals surface area contributed by atoms with E-state index in [1.165, 1.54) is 4.90 Å². The highest BCUT2D eigenvalue weighted by Gasteiger charge is 2.37. The fraction of sp³-hybridized carbons (Fsp3) is 0.364. The molecule has 2 aliphatic heterocycles. The molecule has 0 aromatic heterocycles. The fourth-order valence-electron chi connectivity index (χ4n) is 3.65. The summed E-state index contributed by atoms with van der Waals surface area (Å²) >= 11 is 0. The van der Waals surface area contributed by atoms with E-state index in [1.807, 2.05) is 36.4 Å². The van der Waals surface area contributed by atoms with Crippen molar-refractivity contribution < 1.29 is 28.5 Å². The fourth-order valence-corrected chi connectivity index (χ4v) is 3.65. The second-order valence-electron chi connectivity index (χ2n) is 7.15. The van der Waals surface area contributed by atoms with Crippen LogP contribution in [0.1, 0.15) is 17.5 Å². The van der Waals surface area contributed by atoms with Gasteiger partial charge in [-0.2, -0.15) is 0 Å². The van der Waals surface area contributed by atoms with Gasteiger partial charge < -0.3 is 24.3 Å². The van der Waals surface area contributed by atoms with Crippen LogP contribution >= 0.6 is 0 Å². The summed E-state index contributed by atoms with van der Waals surface area (Å²) in [5, 5.41) is 3.19. The van der Waals surface area contributed by atoms with Crippen LogP contribution < -0.4 is 24.3 Å². The molecule has 8 heteroatoms. The number of ether oxygens (including phenoxy) is 4. The SMILES string of the molecule is COc1ccc(CCN2C(=O)C[C@H](NCc3ccc4c(c3)OCO4)C2=O)cc1OC. The van der Waals surface area contributed by atoms with E-state index in [0.717, 1.165) is 11.1 Å². The predicted octanol–water partition coefficient (Wildman–Crippen LogP) is 1.89. The molecule has 1 atom stereocenters. The van der Waals surface area contributed by atoms with Gasteiger partial charge in [0.25, 0.3) is 0 Å². The van der Waals surface area contributed by atoms with Gasteiger partial charge in [0, 0.05) is 13.1 Å². The molecule has 1 saturated heterocycles. The summed E-state index contributed by atoms with van der Waals surface area (Å²) in [6.07, 6.45) is 0.710. The minimum Gasteiger partial charge on any atom is -0.493 e. The van der Waals surface area contributed by atoms with Crippen LogP contribution in [-0.4, -0.2) is 50.3 Å². The van der Waals surface area contributed by atoms with Gasteiger partial charge in [-0.3, -0.25) is 14.5 Å². The first-order chi connectivity index (χ1) is 14.6. The molecule has 8 nitrogen and oxygen atoms in total. The lowest BCUT2D eigenvalue weighted by Crippen LogP contribution is -2.39. The van der Waals surface area contributed by atoms with E-state index in [0.29, 0.717) is 42.5 Å². The normalized spacial score (nSPS) is 17.5. The van der Waals surface area contributed by atoms with E-state index in [1.54, 1.807) is 14.2 Å². The van der Waals surface area contributed by atoms with Crippen LogP contribution in [0, 0.1) is 0 Å². The zero-order valence-corrected chi connectivity index (χ0v) is 17.0. The van der Waals surface area contributed by atoms with Crippen molar-refractivity contribution in [2.45, 2.75) is 25.4 Å². The zero-order chi connectivity index (χ0) is 21.1. The lowest BCUT2D eigenvalue weighted by atomic mass is 10.1. The number of hydrogen-bond donors (Lipinski definition) is 1. The van der Waals surface area contributed by atoms with Crippen molar-refractivity contribution in [1.29, 1.82) is 0 Å². The second-order valence-corrected chi connectivity index (χ2v) is 7.15. The number of nitrogens with zero attached hydrogens (tertiary/aromatic N) is 1. The number of hydrogen-bond acceptors (Lipinski definition) is 7. The minimum absolute atomic E-state index is 0.162. The number of carbonyl (C=O) groups excluding carboxylic acids is 2. The lowest BCUT2D eigenvalue weighted by Gasteiger charge is -2.16. The van der Waals surface area contributed by atoms with Crippen molar-refractivity contribution in [2.24, 2.45) is 0 Å². The van der Waals surface area contributed by atoms with Gasteiger partial charge >= 0.3 is 0 Å². The average molecular weight is 412 g/mol. The molecular weight excluding hydrogens is 388 g/mol. The smallest absolute Gasteiger partial charge is 0.246 e. The number of carbonyl (C=O) groups is 2. The third-order valence-corrected chi connectivity index (χ3v) is 5.31. The third-order valence-electron chi connectivity index (χ3n) is 5.31. The van der Waals surface area contributed by atoms with E-state index in [2.05, 4.69) is 5.32 Å². The zero-order valence-electron chi connectivity index (χ0n) is 17.0. The van der Waals surface area contributed by atoms with Crippen LogP contribution in [0.5, 0.6) is 23.0 Å². The van der Waals surface area contributed by atoms with Crippen molar-refractivity contribution in [1.82, 2.24) is 10.2 Å². The second kappa shape index (κ2) is 8.62. The molecule has 4 rings (SSSR count). The summed E-state index contributed by atoms with van der Waals surface area (Å²) in [6, 6.07) is 10.7. The predicted molar refractivity (Wildman–Crippen MR) is 108 cm³/mol. The first-order valence-corrected chi connectivity index (χ1v) is 9.76. The third kappa shape index (κ3) is 4.04. The van der Waals surface area contributed by atoms with Crippen molar-refractivity contribution >= 4 is 11.8 Å². The van der Waals surface area contributed by atoms with Crippen LogP contribution in [0.15, 0.2) is 36.4 Å². The summed E-state index contributed by atoms with van der Waals surface area (Å²) in [4.78, 5) is 26.4. The Hall–Kier alpha value is -3.26. The highest BCUT2D eigenvalue weighted by Crippen LogP contribution is 2.32. The number of nitrogens with one attached hydrogen (secondary N) is 1. The summed E-state index contributed by atoms with van der Waals surface area (Å²) in [7, 11) is 3.15. The monoisotopic (exact) mass is 412 g/mol. The van der Waals surface area contributed by atoms with Crippen LogP contribution in [0.4, 0.5) is 0 Å². The Morgan fingerprint density at radius 2 is 1.77 bits per heavy atom. The lowest BCUT2D eigenvalue weighted by molar-refractivity contribution is -0.138. The number of benzene rings is 2. The van der Waals surface area contributed by atoms with E-state index < -0.39 is 6.04 Å². The molecular formula is C22H24N2O6. The Morgan fingerprint density at radius 3 is 2.57 bits per heavy atom. The van der Waals surface area contributed by atoms with Crippen molar-refractivity contribution in [3.63, 3.8) is 0 Å². The van der Waals surface area contributed by atoms with E-state index in [4.69, 9.17) is 18.9 Å². The van der Waals surface area contributed by atoms with Crippen molar-refractivity contribution in [2.75, 3.05) is 27.6 Å². The van der Waals surface area contributed by atoms with Crippen LogP contribution in [0.2, 0.25) is 0 Å². The Bertz CT molecular complexity index is 961. The Balaban J connectivity index is 1.33. The van der Waals surface area contributed by atoms with Gasteiger partial charge in [0.05, 0.1) is 26.7 Å². The van der Waals surface area contributed by atoms with Gasteiger partial charge in [0.15, 0.2) is 23.0 Å². The van der Waals surface area contributed by atoms with Gasteiger partial charge in [-0.15, -0.1) is 0 Å². The number of rotatable bonds is 8. The summed E-state index contributed by atoms with van der Waals surface area (Å²) < 4.78 is 21.2. The topological polar surface area (TPSA) is 86.3 Å². The largest absolute Gasteiger partial charge is 0.493 e. The highest BCUT2D eigenvalue weighted by molar-refractivity contribution is 6.05. The summed E-state index contributed by atoms with van der Waals surface area (Å²) in [6.45, 7) is 1.01. The van der Waals surface area contributed by atoms with Gasteiger partial charge in [-0.05, 0) is 41.8 Å².